The van der Waals surface area contributed by atoms with E-state index in [9.17, 15) is 14.4 Å². The van der Waals surface area contributed by atoms with Crippen LogP contribution in [0.1, 0.15) is 46.5 Å². The number of nitrogens with one attached hydrogen (secondary N) is 2. The minimum Gasteiger partial charge on any atom is -0.481 e. The second kappa shape index (κ2) is 10.9. The summed E-state index contributed by atoms with van der Waals surface area (Å²) in [6, 6.07) is -0.423. The molecule has 0 aromatic rings. The highest BCUT2D eigenvalue weighted by Crippen LogP contribution is 2.00. The Balaban J connectivity index is 3.79. The Morgan fingerprint density at radius 1 is 1.14 bits per heavy atom. The van der Waals surface area contributed by atoms with Gasteiger partial charge in [0, 0.05) is 38.5 Å². The summed E-state index contributed by atoms with van der Waals surface area (Å²) in [6.45, 7) is 7.29. The number of hydrogen-bond donors (Lipinski definition) is 3. The van der Waals surface area contributed by atoms with Crippen LogP contribution in [0.5, 0.6) is 0 Å². The summed E-state index contributed by atoms with van der Waals surface area (Å²) in [5.41, 5.74) is 0. The zero-order valence-corrected chi connectivity index (χ0v) is 13.1. The molecule has 7 heteroatoms. The van der Waals surface area contributed by atoms with Crippen LogP contribution in [0.3, 0.4) is 0 Å². The van der Waals surface area contributed by atoms with Crippen LogP contribution in [0.2, 0.25) is 0 Å². The summed E-state index contributed by atoms with van der Waals surface area (Å²) in [5.74, 6) is -0.809. The molecule has 1 atom stereocenters. The third-order valence-corrected chi connectivity index (χ3v) is 3.15. The van der Waals surface area contributed by atoms with Gasteiger partial charge in [0.2, 0.25) is 5.91 Å². The minimum atomic E-state index is -0.832. The van der Waals surface area contributed by atoms with Gasteiger partial charge in [-0.25, -0.2) is 4.79 Å². The fourth-order valence-corrected chi connectivity index (χ4v) is 1.92. The molecule has 7 nitrogen and oxygen atoms in total. The van der Waals surface area contributed by atoms with Gasteiger partial charge in [-0.05, 0) is 33.6 Å². The van der Waals surface area contributed by atoms with E-state index in [-0.39, 0.29) is 30.8 Å². The van der Waals surface area contributed by atoms with Gasteiger partial charge in [-0.2, -0.15) is 0 Å². The Labute approximate surface area is 126 Å². The molecule has 21 heavy (non-hydrogen) atoms. The number of hydrogen-bond acceptors (Lipinski definition) is 3. The maximum atomic E-state index is 11.7. The van der Waals surface area contributed by atoms with Crippen molar-refractivity contribution < 1.29 is 19.5 Å². The molecule has 0 radical (unpaired) electrons. The van der Waals surface area contributed by atoms with Gasteiger partial charge in [0.1, 0.15) is 0 Å². The van der Waals surface area contributed by atoms with Crippen LogP contribution >= 0.6 is 0 Å². The van der Waals surface area contributed by atoms with Crippen molar-refractivity contribution in [1.29, 1.82) is 0 Å². The molecule has 3 N–H and O–H groups in total. The maximum Gasteiger partial charge on any atom is 0.315 e. The molecule has 0 fully saturated rings. The third kappa shape index (κ3) is 9.70. The SMILES string of the molecule is CCN(CC)C(=O)CCNC(=O)NC(C)CCCC(=O)O. The predicted molar refractivity (Wildman–Crippen MR) is 80.0 cm³/mol. The molecule has 0 aromatic carbocycles. The molecule has 1 unspecified atom stereocenters. The first-order valence-corrected chi connectivity index (χ1v) is 7.44. The highest BCUT2D eigenvalue weighted by molar-refractivity contribution is 5.78. The zero-order chi connectivity index (χ0) is 16.3. The molecule has 0 saturated heterocycles. The van der Waals surface area contributed by atoms with Crippen molar-refractivity contribution in [2.75, 3.05) is 19.6 Å². The van der Waals surface area contributed by atoms with E-state index in [1.807, 2.05) is 20.8 Å². The van der Waals surface area contributed by atoms with E-state index in [1.165, 1.54) is 0 Å². The standard InChI is InChI=1S/C14H27N3O4/c1-4-17(5-2)12(18)9-10-15-14(21)16-11(3)7-6-8-13(19)20/h11H,4-10H2,1-3H3,(H,19,20)(H2,15,16,21). The highest BCUT2D eigenvalue weighted by atomic mass is 16.4. The Kier molecular flexibility index (Phi) is 10.0. The fourth-order valence-electron chi connectivity index (χ4n) is 1.92. The lowest BCUT2D eigenvalue weighted by Gasteiger charge is -2.19. The fraction of sp³-hybridized carbons (Fsp3) is 0.786. The number of carbonyl (C=O) groups is 3. The van der Waals surface area contributed by atoms with Crippen LogP contribution in [-0.4, -0.2) is 53.6 Å². The molecule has 3 amide bonds. The molecule has 0 spiro atoms. The van der Waals surface area contributed by atoms with Crippen molar-refractivity contribution in [1.82, 2.24) is 15.5 Å². The first kappa shape index (κ1) is 19.2. The third-order valence-electron chi connectivity index (χ3n) is 3.15. The number of aliphatic carboxylic acids is 1. The Hall–Kier alpha value is -1.79. The molecule has 0 aliphatic rings. The topological polar surface area (TPSA) is 98.7 Å². The first-order chi connectivity index (χ1) is 9.90. The van der Waals surface area contributed by atoms with Crippen LogP contribution in [0.25, 0.3) is 0 Å². The minimum absolute atomic E-state index is 0.0230. The average Bonchev–Trinajstić information content (AvgIpc) is 2.39. The Morgan fingerprint density at radius 2 is 1.76 bits per heavy atom. The smallest absolute Gasteiger partial charge is 0.315 e. The van der Waals surface area contributed by atoms with Crippen molar-refractivity contribution in [3.63, 3.8) is 0 Å². The summed E-state index contributed by atoms with van der Waals surface area (Å²) in [4.78, 5) is 35.4. The van der Waals surface area contributed by atoms with Crippen molar-refractivity contribution in [2.24, 2.45) is 0 Å². The van der Waals surface area contributed by atoms with E-state index in [4.69, 9.17) is 5.11 Å². The van der Waals surface area contributed by atoms with Gasteiger partial charge in [0.25, 0.3) is 0 Å². The first-order valence-electron chi connectivity index (χ1n) is 7.44. The predicted octanol–water partition coefficient (Wildman–Crippen LogP) is 1.19. The molecular formula is C14H27N3O4. The molecule has 0 aliphatic heterocycles. The van der Waals surface area contributed by atoms with Gasteiger partial charge < -0.3 is 20.6 Å². The molecule has 0 heterocycles. The summed E-state index contributed by atoms with van der Waals surface area (Å²) < 4.78 is 0. The van der Waals surface area contributed by atoms with Crippen molar-refractivity contribution in [3.05, 3.63) is 0 Å². The average molecular weight is 301 g/mol. The number of carbonyl (C=O) groups excluding carboxylic acids is 2. The number of amides is 3. The number of nitrogens with zero attached hydrogens (tertiary/aromatic N) is 1. The summed E-state index contributed by atoms with van der Waals surface area (Å²) in [7, 11) is 0. The van der Waals surface area contributed by atoms with Gasteiger partial charge in [-0.15, -0.1) is 0 Å². The molecule has 0 aromatic heterocycles. The lowest BCUT2D eigenvalue weighted by molar-refractivity contribution is -0.137. The van der Waals surface area contributed by atoms with E-state index in [0.29, 0.717) is 32.5 Å². The van der Waals surface area contributed by atoms with Gasteiger partial charge in [-0.3, -0.25) is 9.59 Å². The molecule has 0 aliphatic carbocycles. The lowest BCUT2D eigenvalue weighted by Crippen LogP contribution is -2.42. The Bertz CT molecular complexity index is 343. The largest absolute Gasteiger partial charge is 0.481 e. The monoisotopic (exact) mass is 301 g/mol. The number of carboxylic acid groups (broad SMARTS) is 1. The van der Waals surface area contributed by atoms with E-state index in [2.05, 4.69) is 10.6 Å². The summed E-state index contributed by atoms with van der Waals surface area (Å²) in [6.07, 6.45) is 1.52. The summed E-state index contributed by atoms with van der Waals surface area (Å²) in [5, 5.41) is 13.9. The van der Waals surface area contributed by atoms with Crippen LogP contribution in [-0.2, 0) is 9.59 Å². The Morgan fingerprint density at radius 3 is 2.29 bits per heavy atom. The molecule has 0 saturated carbocycles. The number of carboxylic acids is 1. The zero-order valence-electron chi connectivity index (χ0n) is 13.1. The molecule has 0 bridgehead atoms. The molecule has 122 valence electrons. The van der Waals surface area contributed by atoms with Crippen LogP contribution in [0, 0.1) is 0 Å². The lowest BCUT2D eigenvalue weighted by atomic mass is 10.1. The maximum absolute atomic E-state index is 11.7. The van der Waals surface area contributed by atoms with Gasteiger partial charge in [0.05, 0.1) is 0 Å². The quantitative estimate of drug-likeness (QED) is 0.564. The van der Waals surface area contributed by atoms with Gasteiger partial charge in [0.15, 0.2) is 0 Å². The summed E-state index contributed by atoms with van der Waals surface area (Å²) >= 11 is 0. The second-order valence-corrected chi connectivity index (χ2v) is 4.90. The highest BCUT2D eigenvalue weighted by Gasteiger charge is 2.11. The molecular weight excluding hydrogens is 274 g/mol. The van der Waals surface area contributed by atoms with Crippen LogP contribution in [0.4, 0.5) is 4.79 Å². The number of rotatable bonds is 10. The van der Waals surface area contributed by atoms with Crippen LogP contribution < -0.4 is 10.6 Å². The molecule has 0 rings (SSSR count). The normalized spacial score (nSPS) is 11.6. The van der Waals surface area contributed by atoms with Gasteiger partial charge in [-0.1, -0.05) is 0 Å². The second-order valence-electron chi connectivity index (χ2n) is 4.90. The van der Waals surface area contributed by atoms with E-state index < -0.39 is 5.97 Å². The van der Waals surface area contributed by atoms with Crippen molar-refractivity contribution in [2.45, 2.75) is 52.5 Å². The van der Waals surface area contributed by atoms with Crippen LogP contribution in [0.15, 0.2) is 0 Å². The van der Waals surface area contributed by atoms with E-state index >= 15 is 0 Å². The van der Waals surface area contributed by atoms with Crippen molar-refractivity contribution >= 4 is 17.9 Å². The van der Waals surface area contributed by atoms with Crippen molar-refractivity contribution in [3.8, 4) is 0 Å². The van der Waals surface area contributed by atoms with Gasteiger partial charge >= 0.3 is 12.0 Å². The number of urea groups is 1. The van der Waals surface area contributed by atoms with E-state index in [1.54, 1.807) is 4.90 Å². The van der Waals surface area contributed by atoms with E-state index in [0.717, 1.165) is 0 Å².